The first kappa shape index (κ1) is 17.3. The van der Waals surface area contributed by atoms with E-state index in [-0.39, 0.29) is 17.1 Å². The molecule has 3 aromatic rings. The highest BCUT2D eigenvalue weighted by Crippen LogP contribution is 2.32. The quantitative estimate of drug-likeness (QED) is 0.725. The number of hydrogen-bond acceptors (Lipinski definition) is 2. The number of halogens is 4. The molecule has 4 nitrogen and oxygen atoms in total. The van der Waals surface area contributed by atoms with Crippen molar-refractivity contribution in [2.45, 2.75) is 19.6 Å². The van der Waals surface area contributed by atoms with E-state index in [4.69, 9.17) is 16.7 Å². The SMILES string of the molecule is Cc1nc2ccc(C(=O)O)cc2n1Cc1ccc(C(F)(F)F)cc1Cl. The molecule has 0 amide bonds. The predicted molar refractivity (Wildman–Crippen MR) is 87.0 cm³/mol. The number of aryl methyl sites for hydroxylation is 1. The third-order valence-electron chi connectivity index (χ3n) is 3.89. The van der Waals surface area contributed by atoms with Crippen LogP contribution in [0.1, 0.15) is 27.3 Å². The summed E-state index contributed by atoms with van der Waals surface area (Å²) in [5.41, 5.74) is 0.950. The van der Waals surface area contributed by atoms with E-state index in [1.807, 2.05) is 0 Å². The second-order valence-electron chi connectivity index (χ2n) is 5.56. The first-order valence-electron chi connectivity index (χ1n) is 7.22. The third kappa shape index (κ3) is 3.32. The van der Waals surface area contributed by atoms with Gasteiger partial charge in [-0.3, -0.25) is 0 Å². The normalized spacial score (nSPS) is 11.9. The maximum Gasteiger partial charge on any atom is 0.416 e. The highest BCUT2D eigenvalue weighted by molar-refractivity contribution is 6.31. The molecule has 1 aromatic heterocycles. The molecule has 130 valence electrons. The van der Waals surface area contributed by atoms with E-state index in [1.54, 1.807) is 17.6 Å². The Kier molecular flexibility index (Phi) is 4.20. The molecule has 0 aliphatic carbocycles. The van der Waals surface area contributed by atoms with Gasteiger partial charge in [0.05, 0.1) is 28.7 Å². The standard InChI is InChI=1S/C17H12ClF3N2O2/c1-9-22-14-5-3-10(16(24)25)6-15(14)23(9)8-11-2-4-12(7-13(11)18)17(19,20)21/h2-7H,8H2,1H3,(H,24,25). The summed E-state index contributed by atoms with van der Waals surface area (Å²) in [6.07, 6.45) is -4.46. The molecule has 8 heteroatoms. The van der Waals surface area contributed by atoms with Crippen LogP contribution >= 0.6 is 11.6 Å². The summed E-state index contributed by atoms with van der Waals surface area (Å²) in [6.45, 7) is 1.92. The summed E-state index contributed by atoms with van der Waals surface area (Å²) < 4.78 is 39.9. The molecule has 3 rings (SSSR count). The van der Waals surface area contributed by atoms with Crippen LogP contribution in [0, 0.1) is 6.92 Å². The smallest absolute Gasteiger partial charge is 0.416 e. The van der Waals surface area contributed by atoms with E-state index in [0.29, 0.717) is 22.4 Å². The van der Waals surface area contributed by atoms with Gasteiger partial charge in [0, 0.05) is 5.02 Å². The van der Waals surface area contributed by atoms with Crippen LogP contribution in [-0.2, 0) is 12.7 Å². The Morgan fingerprint density at radius 1 is 1.24 bits per heavy atom. The molecular weight excluding hydrogens is 357 g/mol. The molecule has 2 aromatic carbocycles. The minimum absolute atomic E-state index is 0.00883. The lowest BCUT2D eigenvalue weighted by atomic mass is 10.1. The van der Waals surface area contributed by atoms with Crippen molar-refractivity contribution in [2.24, 2.45) is 0 Å². The molecule has 0 saturated carbocycles. The van der Waals surface area contributed by atoms with Crippen molar-refractivity contribution in [1.82, 2.24) is 9.55 Å². The zero-order valence-electron chi connectivity index (χ0n) is 12.9. The van der Waals surface area contributed by atoms with Gasteiger partial charge in [-0.15, -0.1) is 0 Å². The van der Waals surface area contributed by atoms with Gasteiger partial charge < -0.3 is 9.67 Å². The van der Waals surface area contributed by atoms with Crippen molar-refractivity contribution in [1.29, 1.82) is 0 Å². The number of carboxylic acid groups (broad SMARTS) is 1. The Morgan fingerprint density at radius 3 is 2.56 bits per heavy atom. The average Bonchev–Trinajstić information content (AvgIpc) is 2.83. The van der Waals surface area contributed by atoms with Gasteiger partial charge in [-0.1, -0.05) is 17.7 Å². The molecule has 0 unspecified atom stereocenters. The van der Waals surface area contributed by atoms with Crippen LogP contribution in [0.5, 0.6) is 0 Å². The molecule has 0 radical (unpaired) electrons. The van der Waals surface area contributed by atoms with Crippen molar-refractivity contribution in [3.63, 3.8) is 0 Å². The first-order valence-corrected chi connectivity index (χ1v) is 7.60. The average molecular weight is 369 g/mol. The number of hydrogen-bond donors (Lipinski definition) is 1. The lowest BCUT2D eigenvalue weighted by Crippen LogP contribution is -2.07. The molecule has 0 atom stereocenters. The van der Waals surface area contributed by atoms with Crippen molar-refractivity contribution in [3.05, 3.63) is 63.9 Å². The molecule has 0 saturated heterocycles. The number of aromatic nitrogens is 2. The number of alkyl halides is 3. The van der Waals surface area contributed by atoms with Gasteiger partial charge in [-0.2, -0.15) is 13.2 Å². The van der Waals surface area contributed by atoms with Crippen LogP contribution < -0.4 is 0 Å². The molecule has 1 N–H and O–H groups in total. The van der Waals surface area contributed by atoms with Crippen LogP contribution in [0.25, 0.3) is 11.0 Å². The highest BCUT2D eigenvalue weighted by atomic mass is 35.5. The summed E-state index contributed by atoms with van der Waals surface area (Å²) in [4.78, 5) is 15.5. The van der Waals surface area contributed by atoms with Gasteiger partial charge in [0.1, 0.15) is 5.82 Å². The Balaban J connectivity index is 2.04. The first-order chi connectivity index (χ1) is 11.7. The maximum absolute atomic E-state index is 12.7. The molecule has 0 fully saturated rings. The molecule has 0 bridgehead atoms. The number of nitrogens with zero attached hydrogens (tertiary/aromatic N) is 2. The molecule has 0 spiro atoms. The lowest BCUT2D eigenvalue weighted by Gasteiger charge is -2.12. The fourth-order valence-electron chi connectivity index (χ4n) is 2.60. The summed E-state index contributed by atoms with van der Waals surface area (Å²) in [5.74, 6) is -0.464. The van der Waals surface area contributed by atoms with E-state index in [1.165, 1.54) is 18.2 Å². The third-order valence-corrected chi connectivity index (χ3v) is 4.25. The van der Waals surface area contributed by atoms with Crippen LogP contribution in [0.15, 0.2) is 36.4 Å². The fourth-order valence-corrected chi connectivity index (χ4v) is 2.84. The Morgan fingerprint density at radius 2 is 1.96 bits per heavy atom. The van der Waals surface area contributed by atoms with E-state index in [2.05, 4.69) is 4.98 Å². The Hall–Kier alpha value is -2.54. The van der Waals surface area contributed by atoms with Gasteiger partial charge in [0.15, 0.2) is 0 Å². The van der Waals surface area contributed by atoms with Crippen LogP contribution in [-0.4, -0.2) is 20.6 Å². The number of rotatable bonds is 3. The summed E-state index contributed by atoms with van der Waals surface area (Å²) in [5, 5.41) is 9.12. The van der Waals surface area contributed by atoms with Crippen LogP contribution in [0.2, 0.25) is 5.02 Å². The van der Waals surface area contributed by atoms with E-state index >= 15 is 0 Å². The zero-order chi connectivity index (χ0) is 18.4. The number of carbonyl (C=O) groups is 1. The van der Waals surface area contributed by atoms with Crippen molar-refractivity contribution < 1.29 is 23.1 Å². The Labute approximate surface area is 145 Å². The number of benzene rings is 2. The van der Waals surface area contributed by atoms with Crippen molar-refractivity contribution in [3.8, 4) is 0 Å². The second-order valence-corrected chi connectivity index (χ2v) is 5.96. The fraction of sp³-hybridized carbons (Fsp3) is 0.176. The zero-order valence-corrected chi connectivity index (χ0v) is 13.7. The molecule has 0 aliphatic heterocycles. The molecule has 1 heterocycles. The molecular formula is C17H12ClF3N2O2. The van der Waals surface area contributed by atoms with Gasteiger partial charge in [-0.25, -0.2) is 9.78 Å². The second kappa shape index (κ2) is 6.07. The highest BCUT2D eigenvalue weighted by Gasteiger charge is 2.30. The number of imidazole rings is 1. The van der Waals surface area contributed by atoms with Crippen LogP contribution in [0.3, 0.4) is 0 Å². The van der Waals surface area contributed by atoms with E-state index < -0.39 is 17.7 Å². The van der Waals surface area contributed by atoms with Gasteiger partial charge >= 0.3 is 12.1 Å². The van der Waals surface area contributed by atoms with Gasteiger partial charge in [-0.05, 0) is 42.8 Å². The van der Waals surface area contributed by atoms with Crippen molar-refractivity contribution in [2.75, 3.05) is 0 Å². The maximum atomic E-state index is 12.7. The largest absolute Gasteiger partial charge is 0.478 e. The summed E-state index contributed by atoms with van der Waals surface area (Å²) >= 11 is 6.01. The topological polar surface area (TPSA) is 55.1 Å². The van der Waals surface area contributed by atoms with E-state index in [9.17, 15) is 18.0 Å². The number of carboxylic acids is 1. The predicted octanol–water partition coefficient (Wildman–Crippen LogP) is 4.76. The number of fused-ring (bicyclic) bond motifs is 1. The van der Waals surface area contributed by atoms with Crippen molar-refractivity contribution >= 4 is 28.6 Å². The molecule has 0 aliphatic rings. The van der Waals surface area contributed by atoms with E-state index in [0.717, 1.165) is 12.1 Å². The van der Waals surface area contributed by atoms with Gasteiger partial charge in [0.2, 0.25) is 0 Å². The van der Waals surface area contributed by atoms with Crippen LogP contribution in [0.4, 0.5) is 13.2 Å². The minimum Gasteiger partial charge on any atom is -0.478 e. The molecule has 25 heavy (non-hydrogen) atoms. The number of aromatic carboxylic acids is 1. The summed E-state index contributed by atoms with van der Waals surface area (Å²) in [7, 11) is 0. The monoisotopic (exact) mass is 368 g/mol. The summed E-state index contributed by atoms with van der Waals surface area (Å²) in [6, 6.07) is 7.70. The minimum atomic E-state index is -4.46. The Bertz CT molecular complexity index is 980. The van der Waals surface area contributed by atoms with Gasteiger partial charge in [0.25, 0.3) is 0 Å². The lowest BCUT2D eigenvalue weighted by molar-refractivity contribution is -0.137.